The van der Waals surface area contributed by atoms with Crippen LogP contribution in [0, 0.1) is 11.7 Å². The highest BCUT2D eigenvalue weighted by atomic mass is 19.1. The standard InChI is InChI=1S/C17H23FO/c1-10(2)12-5-6-13-9-15(19)16(11(3)4)17(18)14(13)8-7-12/h9,11-12,19H,1,5-8H2,2-4H3/t12-/m0/s1. The van der Waals surface area contributed by atoms with Gasteiger partial charge in [0, 0.05) is 5.56 Å². The number of hydrogen-bond donors (Lipinski definition) is 1. The molecule has 0 spiro atoms. The van der Waals surface area contributed by atoms with E-state index in [9.17, 15) is 9.50 Å². The average molecular weight is 262 g/mol. The summed E-state index contributed by atoms with van der Waals surface area (Å²) < 4.78 is 14.6. The number of aromatic hydroxyl groups is 1. The molecule has 0 fully saturated rings. The molecule has 19 heavy (non-hydrogen) atoms. The fraction of sp³-hybridized carbons (Fsp3) is 0.529. The van der Waals surface area contributed by atoms with Gasteiger partial charge >= 0.3 is 0 Å². The summed E-state index contributed by atoms with van der Waals surface area (Å²) in [7, 11) is 0. The molecular weight excluding hydrogens is 239 g/mol. The Morgan fingerprint density at radius 3 is 2.58 bits per heavy atom. The van der Waals surface area contributed by atoms with E-state index in [0.29, 0.717) is 11.5 Å². The van der Waals surface area contributed by atoms with Crippen molar-refractivity contribution in [1.29, 1.82) is 0 Å². The number of phenols is 1. The van der Waals surface area contributed by atoms with Gasteiger partial charge in [0.15, 0.2) is 0 Å². The van der Waals surface area contributed by atoms with Crippen LogP contribution < -0.4 is 0 Å². The van der Waals surface area contributed by atoms with Crippen LogP contribution in [0.2, 0.25) is 0 Å². The third-order valence-corrected chi connectivity index (χ3v) is 4.26. The molecule has 0 saturated carbocycles. The molecule has 1 aromatic rings. The molecule has 1 N–H and O–H groups in total. The predicted octanol–water partition coefficient (Wildman–Crippen LogP) is 4.73. The summed E-state index contributed by atoms with van der Waals surface area (Å²) in [4.78, 5) is 0. The molecule has 2 rings (SSSR count). The molecule has 0 aliphatic heterocycles. The summed E-state index contributed by atoms with van der Waals surface area (Å²) >= 11 is 0. The third kappa shape index (κ3) is 2.68. The molecule has 0 unspecified atom stereocenters. The monoisotopic (exact) mass is 262 g/mol. The molecule has 1 nitrogen and oxygen atoms in total. The maximum absolute atomic E-state index is 14.6. The summed E-state index contributed by atoms with van der Waals surface area (Å²) in [6.45, 7) is 9.90. The molecule has 0 radical (unpaired) electrons. The molecule has 1 aliphatic carbocycles. The van der Waals surface area contributed by atoms with E-state index in [1.165, 1.54) is 5.57 Å². The van der Waals surface area contributed by atoms with Gasteiger partial charge in [-0.2, -0.15) is 0 Å². The zero-order valence-corrected chi connectivity index (χ0v) is 12.1. The van der Waals surface area contributed by atoms with Gasteiger partial charge < -0.3 is 5.11 Å². The maximum atomic E-state index is 14.6. The van der Waals surface area contributed by atoms with Crippen molar-refractivity contribution in [3.05, 3.63) is 40.7 Å². The first kappa shape index (κ1) is 14.1. The van der Waals surface area contributed by atoms with Gasteiger partial charge in [0.1, 0.15) is 11.6 Å². The van der Waals surface area contributed by atoms with E-state index in [4.69, 9.17) is 0 Å². The molecule has 104 valence electrons. The molecule has 1 aromatic carbocycles. The van der Waals surface area contributed by atoms with E-state index < -0.39 is 0 Å². The fourth-order valence-corrected chi connectivity index (χ4v) is 3.07. The number of rotatable bonds is 2. The van der Waals surface area contributed by atoms with Crippen LogP contribution in [0.4, 0.5) is 4.39 Å². The molecule has 0 bridgehead atoms. The Hall–Kier alpha value is -1.31. The van der Waals surface area contributed by atoms with Crippen molar-refractivity contribution in [2.45, 2.75) is 52.4 Å². The van der Waals surface area contributed by atoms with E-state index in [0.717, 1.165) is 36.8 Å². The van der Waals surface area contributed by atoms with Crippen molar-refractivity contribution in [3.63, 3.8) is 0 Å². The van der Waals surface area contributed by atoms with Gasteiger partial charge in [-0.1, -0.05) is 26.0 Å². The van der Waals surface area contributed by atoms with Crippen molar-refractivity contribution in [3.8, 4) is 5.75 Å². The van der Waals surface area contributed by atoms with Crippen molar-refractivity contribution in [2.24, 2.45) is 5.92 Å². The van der Waals surface area contributed by atoms with Crippen LogP contribution in [0.3, 0.4) is 0 Å². The molecule has 1 aliphatic rings. The van der Waals surface area contributed by atoms with Crippen molar-refractivity contribution in [1.82, 2.24) is 0 Å². The molecule has 0 heterocycles. The molecule has 0 amide bonds. The predicted molar refractivity (Wildman–Crippen MR) is 77.1 cm³/mol. The van der Waals surface area contributed by atoms with E-state index >= 15 is 0 Å². The SMILES string of the molecule is C=C(C)[C@H]1CCc2cc(O)c(C(C)C)c(F)c2CC1. The number of hydrogen-bond acceptors (Lipinski definition) is 1. The number of phenolic OH excluding ortho intramolecular Hbond substituents is 1. The van der Waals surface area contributed by atoms with Gasteiger partial charge in [-0.15, -0.1) is 0 Å². The largest absolute Gasteiger partial charge is 0.508 e. The Labute approximate surface area is 115 Å². The third-order valence-electron chi connectivity index (χ3n) is 4.26. The Morgan fingerprint density at radius 1 is 1.37 bits per heavy atom. The first-order valence-electron chi connectivity index (χ1n) is 7.10. The van der Waals surface area contributed by atoms with Crippen LogP contribution in [0.5, 0.6) is 5.75 Å². The molecule has 0 saturated heterocycles. The first-order chi connectivity index (χ1) is 8.91. The Balaban J connectivity index is 2.42. The summed E-state index contributed by atoms with van der Waals surface area (Å²) in [6, 6.07) is 1.77. The van der Waals surface area contributed by atoms with Crippen LogP contribution in [0.15, 0.2) is 18.2 Å². The molecule has 0 aromatic heterocycles. The Morgan fingerprint density at radius 2 is 2.00 bits per heavy atom. The van der Waals surface area contributed by atoms with Crippen LogP contribution >= 0.6 is 0 Å². The second-order valence-electron chi connectivity index (χ2n) is 6.04. The number of benzene rings is 1. The lowest BCUT2D eigenvalue weighted by Crippen LogP contribution is -2.03. The Kier molecular flexibility index (Phi) is 3.98. The van der Waals surface area contributed by atoms with Crippen molar-refractivity contribution in [2.75, 3.05) is 0 Å². The van der Waals surface area contributed by atoms with Crippen LogP contribution in [-0.2, 0) is 12.8 Å². The topological polar surface area (TPSA) is 20.2 Å². The van der Waals surface area contributed by atoms with Crippen molar-refractivity contribution < 1.29 is 9.50 Å². The minimum absolute atomic E-state index is 0.00508. The van der Waals surface area contributed by atoms with Crippen molar-refractivity contribution >= 4 is 0 Å². The quantitative estimate of drug-likeness (QED) is 0.603. The second-order valence-corrected chi connectivity index (χ2v) is 6.04. The summed E-state index contributed by atoms with van der Waals surface area (Å²) in [5, 5.41) is 10.0. The highest BCUT2D eigenvalue weighted by molar-refractivity contribution is 5.45. The molecule has 2 heteroatoms. The van der Waals surface area contributed by atoms with E-state index in [1.807, 2.05) is 20.8 Å². The highest BCUT2D eigenvalue weighted by Crippen LogP contribution is 2.37. The van der Waals surface area contributed by atoms with Crippen LogP contribution in [0.1, 0.15) is 56.2 Å². The van der Waals surface area contributed by atoms with Gasteiger partial charge in [-0.05, 0) is 61.6 Å². The van der Waals surface area contributed by atoms with Gasteiger partial charge in [0.05, 0.1) is 0 Å². The smallest absolute Gasteiger partial charge is 0.133 e. The van der Waals surface area contributed by atoms with E-state index in [-0.39, 0.29) is 17.5 Å². The van der Waals surface area contributed by atoms with Crippen LogP contribution in [-0.4, -0.2) is 5.11 Å². The lowest BCUT2D eigenvalue weighted by Gasteiger charge is -2.16. The van der Waals surface area contributed by atoms with Gasteiger partial charge in [0.25, 0.3) is 0 Å². The number of aryl methyl sites for hydroxylation is 1. The molecular formula is C17H23FO. The average Bonchev–Trinajstić information content (AvgIpc) is 2.50. The van der Waals surface area contributed by atoms with Gasteiger partial charge in [0.2, 0.25) is 0 Å². The molecule has 1 atom stereocenters. The summed E-state index contributed by atoms with van der Waals surface area (Å²) in [5.74, 6) is 0.398. The summed E-state index contributed by atoms with van der Waals surface area (Å²) in [6.07, 6.45) is 3.54. The highest BCUT2D eigenvalue weighted by Gasteiger charge is 2.24. The Bertz CT molecular complexity index is 502. The van der Waals surface area contributed by atoms with Crippen LogP contribution in [0.25, 0.3) is 0 Å². The van der Waals surface area contributed by atoms with E-state index in [1.54, 1.807) is 6.07 Å². The zero-order chi connectivity index (χ0) is 14.2. The lowest BCUT2D eigenvalue weighted by molar-refractivity contribution is 0.450. The zero-order valence-electron chi connectivity index (χ0n) is 12.1. The summed E-state index contributed by atoms with van der Waals surface area (Å²) in [5.41, 5.74) is 3.43. The second kappa shape index (κ2) is 5.36. The first-order valence-corrected chi connectivity index (χ1v) is 7.10. The lowest BCUT2D eigenvalue weighted by atomic mass is 9.92. The van der Waals surface area contributed by atoms with E-state index in [2.05, 4.69) is 6.58 Å². The minimum atomic E-state index is -0.188. The van der Waals surface area contributed by atoms with Gasteiger partial charge in [-0.3, -0.25) is 0 Å². The van der Waals surface area contributed by atoms with Gasteiger partial charge in [-0.25, -0.2) is 4.39 Å². The number of halogens is 1. The normalized spacial score (nSPS) is 19.1. The fourth-order valence-electron chi connectivity index (χ4n) is 3.07. The minimum Gasteiger partial charge on any atom is -0.508 e. The number of allylic oxidation sites excluding steroid dienone is 1. The maximum Gasteiger partial charge on any atom is 0.133 e. The number of fused-ring (bicyclic) bond motifs is 1.